The number of rotatable bonds is 6. The zero-order valence-corrected chi connectivity index (χ0v) is 16.3. The van der Waals surface area contributed by atoms with E-state index in [1.165, 1.54) is 24.8 Å². The van der Waals surface area contributed by atoms with Gasteiger partial charge in [0.15, 0.2) is 0 Å². The summed E-state index contributed by atoms with van der Waals surface area (Å²) in [5.41, 5.74) is 1.97. The topological polar surface area (TPSA) is 32.3 Å². The van der Waals surface area contributed by atoms with Crippen LogP contribution in [-0.2, 0) is 6.42 Å². The van der Waals surface area contributed by atoms with Crippen molar-refractivity contribution >= 4 is 29.1 Å². The Morgan fingerprint density at radius 2 is 1.77 bits per heavy atom. The average molecular weight is 391 g/mol. The highest BCUT2D eigenvalue weighted by Crippen LogP contribution is 2.23. The van der Waals surface area contributed by atoms with Crippen LogP contribution >= 0.6 is 23.2 Å². The standard InChI is InChI=1S/C21H24Cl2N2O/c22-19-7-6-18(15-20(19)23)21(26)24-10-13-25-11-8-17(9-12-25)14-16-4-2-1-3-5-16/h1-7,15,17H,8-14H2,(H,24,26). The van der Waals surface area contributed by atoms with Crippen LogP contribution in [0.1, 0.15) is 28.8 Å². The first-order valence-electron chi connectivity index (χ1n) is 9.11. The third-order valence-corrected chi connectivity index (χ3v) is 5.71. The van der Waals surface area contributed by atoms with Gasteiger partial charge in [0.25, 0.3) is 5.91 Å². The van der Waals surface area contributed by atoms with Crippen LogP contribution in [0, 0.1) is 5.92 Å². The molecular formula is C21H24Cl2N2O. The SMILES string of the molecule is O=C(NCCN1CCC(Cc2ccccc2)CC1)c1ccc(Cl)c(Cl)c1. The first-order valence-corrected chi connectivity index (χ1v) is 9.87. The van der Waals surface area contributed by atoms with Gasteiger partial charge in [-0.15, -0.1) is 0 Å². The fourth-order valence-corrected chi connectivity index (χ4v) is 3.73. The smallest absolute Gasteiger partial charge is 0.251 e. The summed E-state index contributed by atoms with van der Waals surface area (Å²) in [6.07, 6.45) is 3.61. The van der Waals surface area contributed by atoms with Crippen LogP contribution in [0.25, 0.3) is 0 Å². The highest BCUT2D eigenvalue weighted by molar-refractivity contribution is 6.42. The van der Waals surface area contributed by atoms with Crippen LogP contribution in [-0.4, -0.2) is 37.0 Å². The molecule has 1 heterocycles. The molecule has 0 aromatic heterocycles. The maximum Gasteiger partial charge on any atom is 0.251 e. The number of piperidine rings is 1. The minimum absolute atomic E-state index is 0.109. The number of likely N-dealkylation sites (tertiary alicyclic amines) is 1. The molecule has 0 atom stereocenters. The minimum Gasteiger partial charge on any atom is -0.351 e. The maximum atomic E-state index is 12.2. The summed E-state index contributed by atoms with van der Waals surface area (Å²) < 4.78 is 0. The van der Waals surface area contributed by atoms with Crippen LogP contribution in [0.5, 0.6) is 0 Å². The summed E-state index contributed by atoms with van der Waals surface area (Å²) in [7, 11) is 0. The Bertz CT molecular complexity index is 728. The van der Waals surface area contributed by atoms with E-state index in [2.05, 4.69) is 40.5 Å². The molecule has 0 saturated carbocycles. The maximum absolute atomic E-state index is 12.2. The van der Waals surface area contributed by atoms with E-state index in [0.717, 1.165) is 25.6 Å². The van der Waals surface area contributed by atoms with Crippen molar-refractivity contribution in [1.29, 1.82) is 0 Å². The van der Waals surface area contributed by atoms with Gasteiger partial charge in [-0.1, -0.05) is 53.5 Å². The van der Waals surface area contributed by atoms with Crippen molar-refractivity contribution in [3.05, 3.63) is 69.7 Å². The Labute approximate surface area is 165 Å². The number of carbonyl (C=O) groups excluding carboxylic acids is 1. The van der Waals surface area contributed by atoms with E-state index in [1.807, 2.05) is 0 Å². The number of nitrogens with zero attached hydrogens (tertiary/aromatic N) is 1. The summed E-state index contributed by atoms with van der Waals surface area (Å²) in [4.78, 5) is 14.6. The number of halogens is 2. The second-order valence-corrected chi connectivity index (χ2v) is 7.67. The molecule has 1 aliphatic heterocycles. The monoisotopic (exact) mass is 390 g/mol. The van der Waals surface area contributed by atoms with Gasteiger partial charge in [0, 0.05) is 18.7 Å². The molecule has 0 unspecified atom stereocenters. The van der Waals surface area contributed by atoms with Gasteiger partial charge in [0.2, 0.25) is 0 Å². The Morgan fingerprint density at radius 3 is 2.46 bits per heavy atom. The lowest BCUT2D eigenvalue weighted by atomic mass is 9.90. The Balaban J connectivity index is 1.37. The minimum atomic E-state index is -0.109. The predicted molar refractivity (Wildman–Crippen MR) is 108 cm³/mol. The van der Waals surface area contributed by atoms with Crippen molar-refractivity contribution in [2.24, 2.45) is 5.92 Å². The molecule has 0 bridgehead atoms. The molecule has 26 heavy (non-hydrogen) atoms. The molecule has 2 aromatic carbocycles. The second kappa shape index (κ2) is 9.40. The Hall–Kier alpha value is -1.55. The third kappa shape index (κ3) is 5.47. The molecule has 0 aliphatic carbocycles. The highest BCUT2D eigenvalue weighted by atomic mass is 35.5. The van der Waals surface area contributed by atoms with Crippen molar-refractivity contribution in [1.82, 2.24) is 10.2 Å². The van der Waals surface area contributed by atoms with Gasteiger partial charge in [-0.25, -0.2) is 0 Å². The summed E-state index contributed by atoms with van der Waals surface area (Å²) in [6.45, 7) is 3.72. The Kier molecular flexibility index (Phi) is 6.95. The molecule has 3 rings (SSSR count). The number of hydrogen-bond acceptors (Lipinski definition) is 2. The third-order valence-electron chi connectivity index (χ3n) is 4.97. The molecule has 1 amide bonds. The van der Waals surface area contributed by atoms with E-state index in [-0.39, 0.29) is 5.91 Å². The Morgan fingerprint density at radius 1 is 1.04 bits per heavy atom. The fourth-order valence-electron chi connectivity index (χ4n) is 3.43. The van der Waals surface area contributed by atoms with Gasteiger partial charge in [-0.05, 0) is 62.0 Å². The summed E-state index contributed by atoms with van der Waals surface area (Å²) in [5.74, 6) is 0.655. The lowest BCUT2D eigenvalue weighted by Crippen LogP contribution is -2.39. The van der Waals surface area contributed by atoms with Crippen LogP contribution in [0.2, 0.25) is 10.0 Å². The number of amides is 1. The lowest BCUT2D eigenvalue weighted by molar-refractivity contribution is 0.0944. The zero-order valence-electron chi connectivity index (χ0n) is 14.8. The van der Waals surface area contributed by atoms with E-state index >= 15 is 0 Å². The molecule has 1 saturated heterocycles. The average Bonchev–Trinajstić information content (AvgIpc) is 2.66. The molecule has 1 fully saturated rings. The largest absolute Gasteiger partial charge is 0.351 e. The number of carbonyl (C=O) groups is 1. The molecule has 2 aromatic rings. The fraction of sp³-hybridized carbons (Fsp3) is 0.381. The normalized spacial score (nSPS) is 15.8. The van der Waals surface area contributed by atoms with Crippen LogP contribution in [0.4, 0.5) is 0 Å². The van der Waals surface area contributed by atoms with E-state index in [0.29, 0.717) is 22.2 Å². The molecule has 1 aliphatic rings. The molecule has 5 heteroatoms. The molecular weight excluding hydrogens is 367 g/mol. The van der Waals surface area contributed by atoms with Crippen molar-refractivity contribution in [2.75, 3.05) is 26.2 Å². The quantitative estimate of drug-likeness (QED) is 0.776. The lowest BCUT2D eigenvalue weighted by Gasteiger charge is -2.32. The van der Waals surface area contributed by atoms with E-state index in [9.17, 15) is 4.79 Å². The van der Waals surface area contributed by atoms with Crippen molar-refractivity contribution in [3.63, 3.8) is 0 Å². The van der Waals surface area contributed by atoms with E-state index in [1.54, 1.807) is 18.2 Å². The van der Waals surface area contributed by atoms with Crippen LogP contribution in [0.15, 0.2) is 48.5 Å². The van der Waals surface area contributed by atoms with E-state index < -0.39 is 0 Å². The van der Waals surface area contributed by atoms with Crippen molar-refractivity contribution in [3.8, 4) is 0 Å². The van der Waals surface area contributed by atoms with Gasteiger partial charge in [-0.2, -0.15) is 0 Å². The van der Waals surface area contributed by atoms with E-state index in [4.69, 9.17) is 23.2 Å². The molecule has 0 spiro atoms. The summed E-state index contributed by atoms with van der Waals surface area (Å²) in [5, 5.41) is 3.82. The van der Waals surface area contributed by atoms with Crippen molar-refractivity contribution < 1.29 is 4.79 Å². The first-order chi connectivity index (χ1) is 12.6. The zero-order chi connectivity index (χ0) is 18.4. The molecule has 3 nitrogen and oxygen atoms in total. The number of nitrogens with one attached hydrogen (secondary N) is 1. The molecule has 1 N–H and O–H groups in total. The van der Waals surface area contributed by atoms with Gasteiger partial charge in [0.05, 0.1) is 10.0 Å². The first kappa shape index (κ1) is 19.2. The highest BCUT2D eigenvalue weighted by Gasteiger charge is 2.19. The summed E-state index contributed by atoms with van der Waals surface area (Å²) in [6, 6.07) is 15.7. The predicted octanol–water partition coefficient (Wildman–Crippen LogP) is 4.68. The second-order valence-electron chi connectivity index (χ2n) is 6.86. The van der Waals surface area contributed by atoms with Crippen LogP contribution < -0.4 is 5.32 Å². The number of benzene rings is 2. The van der Waals surface area contributed by atoms with Crippen LogP contribution in [0.3, 0.4) is 0 Å². The van der Waals surface area contributed by atoms with Gasteiger partial charge in [-0.3, -0.25) is 4.79 Å². The summed E-state index contributed by atoms with van der Waals surface area (Å²) >= 11 is 11.8. The van der Waals surface area contributed by atoms with Crippen molar-refractivity contribution in [2.45, 2.75) is 19.3 Å². The molecule has 138 valence electrons. The number of hydrogen-bond donors (Lipinski definition) is 1. The molecule has 0 radical (unpaired) electrons. The van der Waals surface area contributed by atoms with Gasteiger partial charge < -0.3 is 10.2 Å². The van der Waals surface area contributed by atoms with Gasteiger partial charge in [0.1, 0.15) is 0 Å². The van der Waals surface area contributed by atoms with Gasteiger partial charge >= 0.3 is 0 Å².